The summed E-state index contributed by atoms with van der Waals surface area (Å²) in [5.41, 5.74) is 2.10. The number of aromatic amines is 1. The molecule has 4 heteroatoms. The molecule has 86 valence electrons. The molecule has 0 saturated carbocycles. The lowest BCUT2D eigenvalue weighted by Gasteiger charge is -2.20. The molecule has 1 aromatic heterocycles. The van der Waals surface area contributed by atoms with Crippen molar-refractivity contribution in [1.29, 1.82) is 0 Å². The monoisotopic (exact) mass is 220 g/mol. The van der Waals surface area contributed by atoms with Crippen LogP contribution in [0.4, 0.5) is 5.69 Å². The van der Waals surface area contributed by atoms with Gasteiger partial charge in [-0.3, -0.25) is 0 Å². The van der Waals surface area contributed by atoms with E-state index in [1.807, 2.05) is 42.4 Å². The van der Waals surface area contributed by atoms with Crippen molar-refractivity contribution < 1.29 is 10.2 Å². The van der Waals surface area contributed by atoms with Gasteiger partial charge in [0, 0.05) is 30.7 Å². The standard InChI is InChI=1S/C12H16N2O2/c1-14(7-9(16)8-15)12-6-13-11-5-3-2-4-10(11)12/h2-6,9,13,15-16H,7-8H2,1H3. The Hall–Kier alpha value is -1.52. The highest BCUT2D eigenvalue weighted by Gasteiger charge is 2.11. The molecule has 0 bridgehead atoms. The van der Waals surface area contributed by atoms with Crippen LogP contribution in [0.25, 0.3) is 10.9 Å². The van der Waals surface area contributed by atoms with E-state index >= 15 is 0 Å². The second-order valence-electron chi connectivity index (χ2n) is 3.94. The summed E-state index contributed by atoms with van der Waals surface area (Å²) < 4.78 is 0. The van der Waals surface area contributed by atoms with E-state index in [0.29, 0.717) is 6.54 Å². The topological polar surface area (TPSA) is 59.5 Å². The van der Waals surface area contributed by atoms with Crippen molar-refractivity contribution in [3.05, 3.63) is 30.5 Å². The Labute approximate surface area is 94.1 Å². The fourth-order valence-electron chi connectivity index (χ4n) is 1.84. The number of aliphatic hydroxyl groups excluding tert-OH is 2. The SMILES string of the molecule is CN(CC(O)CO)c1c[nH]c2ccccc12. The first kappa shape index (κ1) is 11.0. The van der Waals surface area contributed by atoms with Crippen molar-refractivity contribution in [3.63, 3.8) is 0 Å². The Morgan fingerprint density at radius 1 is 1.38 bits per heavy atom. The number of anilines is 1. The lowest BCUT2D eigenvalue weighted by Crippen LogP contribution is -2.31. The molecule has 2 rings (SSSR count). The maximum Gasteiger partial charge on any atom is 0.0945 e. The van der Waals surface area contributed by atoms with Gasteiger partial charge in [0.15, 0.2) is 0 Å². The lowest BCUT2D eigenvalue weighted by molar-refractivity contribution is 0.101. The molecule has 0 aliphatic carbocycles. The highest BCUT2D eigenvalue weighted by Crippen LogP contribution is 2.25. The number of nitrogens with zero attached hydrogens (tertiary/aromatic N) is 1. The van der Waals surface area contributed by atoms with Gasteiger partial charge in [-0.2, -0.15) is 0 Å². The minimum absolute atomic E-state index is 0.216. The average Bonchev–Trinajstić information content (AvgIpc) is 2.72. The number of hydrogen-bond acceptors (Lipinski definition) is 3. The Morgan fingerprint density at radius 2 is 2.12 bits per heavy atom. The molecule has 1 atom stereocenters. The Morgan fingerprint density at radius 3 is 2.88 bits per heavy atom. The van der Waals surface area contributed by atoms with E-state index in [4.69, 9.17) is 5.11 Å². The van der Waals surface area contributed by atoms with Crippen molar-refractivity contribution in [3.8, 4) is 0 Å². The van der Waals surface area contributed by atoms with Crippen LogP contribution in [0, 0.1) is 0 Å². The van der Waals surface area contributed by atoms with E-state index in [-0.39, 0.29) is 6.61 Å². The van der Waals surface area contributed by atoms with Crippen LogP contribution in [0.1, 0.15) is 0 Å². The van der Waals surface area contributed by atoms with Gasteiger partial charge in [-0.1, -0.05) is 18.2 Å². The Bertz CT molecular complexity index is 467. The summed E-state index contributed by atoms with van der Waals surface area (Å²) in [5, 5.41) is 19.3. The summed E-state index contributed by atoms with van der Waals surface area (Å²) in [6, 6.07) is 8.00. The summed E-state index contributed by atoms with van der Waals surface area (Å²) in [7, 11) is 1.90. The van der Waals surface area contributed by atoms with Gasteiger partial charge in [0.25, 0.3) is 0 Å². The number of nitrogens with one attached hydrogen (secondary N) is 1. The van der Waals surface area contributed by atoms with Gasteiger partial charge in [0.2, 0.25) is 0 Å². The van der Waals surface area contributed by atoms with E-state index in [0.717, 1.165) is 16.6 Å². The Balaban J connectivity index is 2.26. The van der Waals surface area contributed by atoms with Gasteiger partial charge in [0.05, 0.1) is 18.4 Å². The van der Waals surface area contributed by atoms with E-state index in [9.17, 15) is 5.11 Å². The van der Waals surface area contributed by atoms with Gasteiger partial charge in [-0.15, -0.1) is 0 Å². The number of hydrogen-bond donors (Lipinski definition) is 3. The maximum absolute atomic E-state index is 9.40. The zero-order valence-electron chi connectivity index (χ0n) is 9.22. The minimum Gasteiger partial charge on any atom is -0.394 e. The molecule has 1 unspecified atom stereocenters. The molecule has 0 fully saturated rings. The summed E-state index contributed by atoms with van der Waals surface area (Å²) >= 11 is 0. The van der Waals surface area contributed by atoms with E-state index < -0.39 is 6.10 Å². The number of H-pyrrole nitrogens is 1. The molecule has 1 heterocycles. The van der Waals surface area contributed by atoms with Gasteiger partial charge in [-0.05, 0) is 6.07 Å². The number of aliphatic hydroxyl groups is 2. The highest BCUT2D eigenvalue weighted by molar-refractivity contribution is 5.92. The molecular weight excluding hydrogens is 204 g/mol. The molecule has 0 amide bonds. The van der Waals surface area contributed by atoms with E-state index in [1.165, 1.54) is 0 Å². The zero-order valence-corrected chi connectivity index (χ0v) is 9.22. The van der Waals surface area contributed by atoms with Crippen LogP contribution in [-0.2, 0) is 0 Å². The molecule has 0 spiro atoms. The van der Waals surface area contributed by atoms with Crippen LogP contribution in [0.5, 0.6) is 0 Å². The molecule has 4 nitrogen and oxygen atoms in total. The van der Waals surface area contributed by atoms with Gasteiger partial charge in [-0.25, -0.2) is 0 Å². The summed E-state index contributed by atoms with van der Waals surface area (Å²) in [6.45, 7) is 0.199. The first-order valence-corrected chi connectivity index (χ1v) is 5.28. The molecule has 0 radical (unpaired) electrons. The third-order valence-corrected chi connectivity index (χ3v) is 2.67. The highest BCUT2D eigenvalue weighted by atomic mass is 16.3. The summed E-state index contributed by atoms with van der Waals surface area (Å²) in [6.07, 6.45) is 1.20. The van der Waals surface area contributed by atoms with Gasteiger partial charge >= 0.3 is 0 Å². The number of fused-ring (bicyclic) bond motifs is 1. The maximum atomic E-state index is 9.40. The van der Waals surface area contributed by atoms with Crippen molar-refractivity contribution in [2.45, 2.75) is 6.10 Å². The molecule has 1 aromatic carbocycles. The van der Waals surface area contributed by atoms with Crippen LogP contribution in [0.3, 0.4) is 0 Å². The molecule has 3 N–H and O–H groups in total. The van der Waals surface area contributed by atoms with E-state index in [2.05, 4.69) is 4.98 Å². The van der Waals surface area contributed by atoms with Crippen LogP contribution in [0.2, 0.25) is 0 Å². The second-order valence-corrected chi connectivity index (χ2v) is 3.94. The summed E-state index contributed by atoms with van der Waals surface area (Å²) in [5.74, 6) is 0. The third kappa shape index (κ3) is 2.03. The minimum atomic E-state index is -0.710. The third-order valence-electron chi connectivity index (χ3n) is 2.67. The average molecular weight is 220 g/mol. The molecule has 0 aliphatic heterocycles. The van der Waals surface area contributed by atoms with Crippen LogP contribution < -0.4 is 4.90 Å². The van der Waals surface area contributed by atoms with E-state index in [1.54, 1.807) is 0 Å². The first-order valence-electron chi connectivity index (χ1n) is 5.28. The van der Waals surface area contributed by atoms with Crippen molar-refractivity contribution >= 4 is 16.6 Å². The van der Waals surface area contributed by atoms with Crippen LogP contribution in [-0.4, -0.2) is 41.5 Å². The predicted octanol–water partition coefficient (Wildman–Crippen LogP) is 0.957. The molecule has 16 heavy (non-hydrogen) atoms. The molecule has 2 aromatic rings. The quantitative estimate of drug-likeness (QED) is 0.719. The van der Waals surface area contributed by atoms with Crippen LogP contribution >= 0.6 is 0 Å². The van der Waals surface area contributed by atoms with Crippen molar-refractivity contribution in [1.82, 2.24) is 4.98 Å². The normalized spacial score (nSPS) is 12.9. The fourth-order valence-corrected chi connectivity index (χ4v) is 1.84. The molecular formula is C12H16N2O2. The first-order chi connectivity index (χ1) is 7.72. The number of benzene rings is 1. The Kier molecular flexibility index (Phi) is 3.12. The smallest absolute Gasteiger partial charge is 0.0945 e. The van der Waals surface area contributed by atoms with Gasteiger partial charge in [0.1, 0.15) is 0 Å². The van der Waals surface area contributed by atoms with Crippen LogP contribution in [0.15, 0.2) is 30.5 Å². The van der Waals surface area contributed by atoms with Crippen molar-refractivity contribution in [2.24, 2.45) is 0 Å². The van der Waals surface area contributed by atoms with Crippen molar-refractivity contribution in [2.75, 3.05) is 25.1 Å². The number of para-hydroxylation sites is 1. The second kappa shape index (κ2) is 4.55. The number of rotatable bonds is 4. The zero-order chi connectivity index (χ0) is 11.5. The summed E-state index contributed by atoms with van der Waals surface area (Å²) in [4.78, 5) is 5.10. The fraction of sp³-hybridized carbons (Fsp3) is 0.333. The predicted molar refractivity (Wildman–Crippen MR) is 64.7 cm³/mol. The molecule has 0 aliphatic rings. The number of likely N-dealkylation sites (N-methyl/N-ethyl adjacent to an activating group) is 1. The molecule has 0 saturated heterocycles. The largest absolute Gasteiger partial charge is 0.394 e. The lowest BCUT2D eigenvalue weighted by atomic mass is 10.2. The van der Waals surface area contributed by atoms with Gasteiger partial charge < -0.3 is 20.1 Å². The number of aromatic nitrogens is 1.